The van der Waals surface area contributed by atoms with Crippen molar-refractivity contribution in [3.63, 3.8) is 0 Å². The summed E-state index contributed by atoms with van der Waals surface area (Å²) >= 11 is 9.17. The lowest BCUT2D eigenvalue weighted by Gasteiger charge is -2.10. The number of benzene rings is 1. The van der Waals surface area contributed by atoms with Crippen molar-refractivity contribution in [1.29, 1.82) is 0 Å². The molecule has 1 N–H and O–H groups in total. The van der Waals surface area contributed by atoms with E-state index in [9.17, 15) is 9.59 Å². The van der Waals surface area contributed by atoms with Gasteiger partial charge in [-0.25, -0.2) is 9.78 Å². The molecular formula is C16H14BrClN2O4. The molecule has 1 aromatic carbocycles. The second-order valence-corrected chi connectivity index (χ2v) is 5.97. The first-order valence-electron chi connectivity index (χ1n) is 6.80. The van der Waals surface area contributed by atoms with Crippen LogP contribution in [0.1, 0.15) is 26.3 Å². The zero-order valence-electron chi connectivity index (χ0n) is 12.9. The highest BCUT2D eigenvalue weighted by atomic mass is 79.9. The molecule has 0 saturated heterocycles. The van der Waals surface area contributed by atoms with E-state index in [4.69, 9.17) is 21.1 Å². The summed E-state index contributed by atoms with van der Waals surface area (Å²) in [7, 11) is 2.75. The number of amides is 1. The van der Waals surface area contributed by atoms with Crippen molar-refractivity contribution in [2.45, 2.75) is 6.54 Å². The van der Waals surface area contributed by atoms with Gasteiger partial charge in [-0.2, -0.15) is 0 Å². The number of halogens is 2. The minimum Gasteiger partial charge on any atom is -0.496 e. The van der Waals surface area contributed by atoms with Crippen LogP contribution in [0.3, 0.4) is 0 Å². The van der Waals surface area contributed by atoms with Crippen LogP contribution in [0.5, 0.6) is 5.75 Å². The third-order valence-corrected chi connectivity index (χ3v) is 3.91. The number of methoxy groups -OCH3 is 2. The third kappa shape index (κ3) is 4.24. The SMILES string of the molecule is COC(=O)c1cc(CNC(=O)c2cc(Br)cnc2Cl)ccc1OC. The average molecular weight is 414 g/mol. The Morgan fingerprint density at radius 2 is 2.00 bits per heavy atom. The van der Waals surface area contributed by atoms with Gasteiger partial charge in [0.05, 0.1) is 19.8 Å². The number of ether oxygens (including phenoxy) is 2. The maximum absolute atomic E-state index is 12.2. The van der Waals surface area contributed by atoms with Crippen LogP contribution in [0.15, 0.2) is 34.9 Å². The third-order valence-electron chi connectivity index (χ3n) is 3.17. The molecule has 0 saturated carbocycles. The molecule has 0 unspecified atom stereocenters. The summed E-state index contributed by atoms with van der Waals surface area (Å²) in [5, 5.41) is 2.84. The molecule has 2 rings (SSSR count). The van der Waals surface area contributed by atoms with Crippen LogP contribution in [-0.4, -0.2) is 31.1 Å². The van der Waals surface area contributed by atoms with Crippen molar-refractivity contribution in [3.8, 4) is 5.75 Å². The highest BCUT2D eigenvalue weighted by molar-refractivity contribution is 9.10. The van der Waals surface area contributed by atoms with Crippen LogP contribution < -0.4 is 10.1 Å². The molecule has 0 radical (unpaired) electrons. The fourth-order valence-corrected chi connectivity index (χ4v) is 2.51. The zero-order chi connectivity index (χ0) is 17.7. The van der Waals surface area contributed by atoms with Crippen LogP contribution >= 0.6 is 27.5 Å². The molecule has 0 atom stereocenters. The smallest absolute Gasteiger partial charge is 0.341 e. The van der Waals surface area contributed by atoms with Gasteiger partial charge in [-0.15, -0.1) is 0 Å². The van der Waals surface area contributed by atoms with E-state index < -0.39 is 5.97 Å². The molecule has 6 nitrogen and oxygen atoms in total. The Morgan fingerprint density at radius 3 is 2.67 bits per heavy atom. The first-order chi connectivity index (χ1) is 11.5. The molecule has 0 spiro atoms. The summed E-state index contributed by atoms with van der Waals surface area (Å²) < 4.78 is 10.5. The highest BCUT2D eigenvalue weighted by Crippen LogP contribution is 2.21. The minimum absolute atomic E-state index is 0.112. The maximum atomic E-state index is 12.2. The summed E-state index contributed by atoms with van der Waals surface area (Å²) in [5.41, 5.74) is 1.25. The van der Waals surface area contributed by atoms with Crippen LogP contribution in [0.25, 0.3) is 0 Å². The van der Waals surface area contributed by atoms with Gasteiger partial charge in [0.25, 0.3) is 5.91 Å². The number of rotatable bonds is 5. The van der Waals surface area contributed by atoms with Crippen molar-refractivity contribution in [1.82, 2.24) is 10.3 Å². The second-order valence-electron chi connectivity index (χ2n) is 4.70. The normalized spacial score (nSPS) is 10.2. The summed E-state index contributed by atoms with van der Waals surface area (Å²) in [6.45, 7) is 0.204. The number of carbonyl (C=O) groups is 2. The van der Waals surface area contributed by atoms with Gasteiger partial charge in [-0.3, -0.25) is 4.79 Å². The van der Waals surface area contributed by atoms with E-state index in [1.54, 1.807) is 24.3 Å². The first kappa shape index (κ1) is 18.2. The van der Waals surface area contributed by atoms with Crippen LogP contribution in [0, 0.1) is 0 Å². The molecule has 8 heteroatoms. The maximum Gasteiger partial charge on any atom is 0.341 e. The lowest BCUT2D eigenvalue weighted by molar-refractivity contribution is 0.0597. The molecule has 0 aliphatic carbocycles. The van der Waals surface area contributed by atoms with Gasteiger partial charge in [0, 0.05) is 17.2 Å². The lowest BCUT2D eigenvalue weighted by Crippen LogP contribution is -2.23. The number of hydrogen-bond acceptors (Lipinski definition) is 5. The summed E-state index contributed by atoms with van der Waals surface area (Å²) in [4.78, 5) is 27.9. The summed E-state index contributed by atoms with van der Waals surface area (Å²) in [6, 6.07) is 6.57. The Hall–Kier alpha value is -2.12. The number of esters is 1. The van der Waals surface area contributed by atoms with Gasteiger partial charge in [0.2, 0.25) is 0 Å². The van der Waals surface area contributed by atoms with Crippen molar-refractivity contribution in [3.05, 3.63) is 56.8 Å². The molecule has 1 aromatic heterocycles. The Morgan fingerprint density at radius 1 is 1.25 bits per heavy atom. The van der Waals surface area contributed by atoms with Crippen molar-refractivity contribution in [2.24, 2.45) is 0 Å². The molecule has 1 heterocycles. The standard InChI is InChI=1S/C16H14BrClN2O4/c1-23-13-4-3-9(5-11(13)16(22)24-2)7-20-15(21)12-6-10(17)8-19-14(12)18/h3-6,8H,7H2,1-2H3,(H,20,21). The van der Waals surface area contributed by atoms with Crippen molar-refractivity contribution in [2.75, 3.05) is 14.2 Å². The molecule has 1 amide bonds. The molecule has 0 aliphatic rings. The van der Waals surface area contributed by atoms with Gasteiger partial charge in [0.15, 0.2) is 0 Å². The number of hydrogen-bond donors (Lipinski definition) is 1. The fourth-order valence-electron chi connectivity index (χ4n) is 1.99. The van der Waals surface area contributed by atoms with Crippen LogP contribution in [0.2, 0.25) is 5.15 Å². The molecule has 24 heavy (non-hydrogen) atoms. The van der Waals surface area contributed by atoms with E-state index >= 15 is 0 Å². The Balaban J connectivity index is 2.15. The second kappa shape index (κ2) is 8.12. The van der Waals surface area contributed by atoms with Gasteiger partial charge >= 0.3 is 5.97 Å². The van der Waals surface area contributed by atoms with Crippen LogP contribution in [-0.2, 0) is 11.3 Å². The topological polar surface area (TPSA) is 77.5 Å². The molecule has 0 bridgehead atoms. The number of nitrogens with zero attached hydrogens (tertiary/aromatic N) is 1. The lowest BCUT2D eigenvalue weighted by atomic mass is 10.1. The Bertz CT molecular complexity index is 783. The molecule has 126 valence electrons. The van der Waals surface area contributed by atoms with E-state index in [2.05, 4.69) is 26.2 Å². The number of nitrogens with one attached hydrogen (secondary N) is 1. The Kier molecular flexibility index (Phi) is 6.16. The number of pyridine rings is 1. The van der Waals surface area contributed by atoms with E-state index in [1.165, 1.54) is 20.4 Å². The van der Waals surface area contributed by atoms with E-state index in [-0.39, 0.29) is 28.7 Å². The zero-order valence-corrected chi connectivity index (χ0v) is 15.3. The van der Waals surface area contributed by atoms with Gasteiger partial charge in [-0.05, 0) is 39.7 Å². The van der Waals surface area contributed by atoms with Crippen molar-refractivity contribution < 1.29 is 19.1 Å². The number of carbonyl (C=O) groups excluding carboxylic acids is 2. The van der Waals surface area contributed by atoms with Crippen LogP contribution in [0.4, 0.5) is 0 Å². The van der Waals surface area contributed by atoms with Crippen molar-refractivity contribution >= 4 is 39.4 Å². The average Bonchev–Trinajstić information content (AvgIpc) is 2.60. The highest BCUT2D eigenvalue weighted by Gasteiger charge is 2.15. The molecule has 0 aliphatic heterocycles. The minimum atomic E-state index is -0.515. The monoisotopic (exact) mass is 412 g/mol. The van der Waals surface area contributed by atoms with Gasteiger partial charge in [-0.1, -0.05) is 17.7 Å². The Labute approximate surface area is 152 Å². The molecule has 2 aromatic rings. The van der Waals surface area contributed by atoms with E-state index in [0.717, 1.165) is 0 Å². The summed E-state index contributed by atoms with van der Waals surface area (Å²) in [6.07, 6.45) is 1.51. The van der Waals surface area contributed by atoms with Gasteiger partial charge < -0.3 is 14.8 Å². The fraction of sp³-hybridized carbons (Fsp3) is 0.188. The molecular weight excluding hydrogens is 400 g/mol. The van der Waals surface area contributed by atoms with Gasteiger partial charge in [0.1, 0.15) is 16.5 Å². The predicted octanol–water partition coefficient (Wildman–Crippen LogP) is 3.22. The predicted molar refractivity (Wildman–Crippen MR) is 92.5 cm³/mol. The first-order valence-corrected chi connectivity index (χ1v) is 7.97. The van der Waals surface area contributed by atoms with E-state index in [1.807, 2.05) is 0 Å². The number of aromatic nitrogens is 1. The largest absolute Gasteiger partial charge is 0.496 e. The quantitative estimate of drug-likeness (QED) is 0.601. The summed E-state index contributed by atoms with van der Waals surface area (Å²) in [5.74, 6) is -0.486. The van der Waals surface area contributed by atoms with E-state index in [0.29, 0.717) is 15.8 Å². The molecule has 0 fully saturated rings.